The fourth-order valence-corrected chi connectivity index (χ4v) is 1.57. The average molecular weight is 253 g/mol. The first-order chi connectivity index (χ1) is 7.91. The standard InChI is InChI=1S/C13H13ClO3/c1-8-7-10(4-6-12(15)16)3-5-11(8)13(17)9(2)14/h3-7,9H,1-2H3,(H,15,16)/b6-4+. The first-order valence-electron chi connectivity index (χ1n) is 5.11. The van der Waals surface area contributed by atoms with E-state index in [0.717, 1.165) is 17.2 Å². The third-order valence-electron chi connectivity index (χ3n) is 2.30. The molecule has 1 unspecified atom stereocenters. The number of rotatable bonds is 4. The number of hydrogen-bond donors (Lipinski definition) is 1. The average Bonchev–Trinajstić information content (AvgIpc) is 2.25. The molecule has 0 aliphatic carbocycles. The van der Waals surface area contributed by atoms with Crippen molar-refractivity contribution in [3.8, 4) is 0 Å². The number of benzene rings is 1. The molecule has 90 valence electrons. The van der Waals surface area contributed by atoms with Crippen molar-refractivity contribution in [3.05, 3.63) is 41.0 Å². The molecule has 0 radical (unpaired) electrons. The fraction of sp³-hybridized carbons (Fsp3) is 0.231. The molecule has 1 atom stereocenters. The Bertz CT molecular complexity index is 476. The number of Topliss-reactive ketones (excluding diaryl/α,β-unsaturated/α-hetero) is 1. The third kappa shape index (κ3) is 3.71. The number of halogens is 1. The molecule has 17 heavy (non-hydrogen) atoms. The highest BCUT2D eigenvalue weighted by Gasteiger charge is 2.14. The van der Waals surface area contributed by atoms with E-state index < -0.39 is 11.3 Å². The van der Waals surface area contributed by atoms with Gasteiger partial charge in [-0.05, 0) is 31.1 Å². The molecule has 0 aromatic heterocycles. The van der Waals surface area contributed by atoms with E-state index in [1.807, 2.05) is 0 Å². The summed E-state index contributed by atoms with van der Waals surface area (Å²) < 4.78 is 0. The van der Waals surface area contributed by atoms with Crippen molar-refractivity contribution in [3.63, 3.8) is 0 Å². The lowest BCUT2D eigenvalue weighted by molar-refractivity contribution is -0.131. The first kappa shape index (κ1) is 13.5. The van der Waals surface area contributed by atoms with Crippen LogP contribution < -0.4 is 0 Å². The molecule has 1 aromatic carbocycles. The van der Waals surface area contributed by atoms with Gasteiger partial charge in [0.1, 0.15) is 0 Å². The lowest BCUT2D eigenvalue weighted by Gasteiger charge is -2.07. The maximum absolute atomic E-state index is 11.7. The Balaban J connectivity index is 3.02. The molecule has 0 saturated heterocycles. The van der Waals surface area contributed by atoms with Crippen LogP contribution in [0.5, 0.6) is 0 Å². The van der Waals surface area contributed by atoms with Crippen molar-refractivity contribution in [1.29, 1.82) is 0 Å². The van der Waals surface area contributed by atoms with E-state index in [1.54, 1.807) is 32.0 Å². The molecule has 3 nitrogen and oxygen atoms in total. The lowest BCUT2D eigenvalue weighted by Crippen LogP contribution is -2.12. The zero-order valence-corrected chi connectivity index (χ0v) is 10.4. The number of ketones is 1. The van der Waals surface area contributed by atoms with E-state index in [0.29, 0.717) is 5.56 Å². The Morgan fingerprint density at radius 3 is 2.53 bits per heavy atom. The first-order valence-corrected chi connectivity index (χ1v) is 5.55. The number of alkyl halides is 1. The van der Waals surface area contributed by atoms with E-state index in [4.69, 9.17) is 16.7 Å². The second-order valence-corrected chi connectivity index (χ2v) is 4.38. The molecule has 0 fully saturated rings. The van der Waals surface area contributed by atoms with Gasteiger partial charge < -0.3 is 5.11 Å². The maximum Gasteiger partial charge on any atom is 0.328 e. The van der Waals surface area contributed by atoms with Crippen molar-refractivity contribution < 1.29 is 14.7 Å². The normalized spacial score (nSPS) is 12.6. The lowest BCUT2D eigenvalue weighted by atomic mass is 10.00. The number of hydrogen-bond acceptors (Lipinski definition) is 2. The highest BCUT2D eigenvalue weighted by molar-refractivity contribution is 6.33. The number of carbonyl (C=O) groups is 2. The van der Waals surface area contributed by atoms with Gasteiger partial charge in [0.2, 0.25) is 0 Å². The van der Waals surface area contributed by atoms with Crippen molar-refractivity contribution in [2.24, 2.45) is 0 Å². The van der Waals surface area contributed by atoms with Gasteiger partial charge in [0.25, 0.3) is 0 Å². The fourth-order valence-electron chi connectivity index (χ4n) is 1.45. The molecular formula is C13H13ClO3. The van der Waals surface area contributed by atoms with Gasteiger partial charge in [-0.25, -0.2) is 4.79 Å². The summed E-state index contributed by atoms with van der Waals surface area (Å²) in [6.07, 6.45) is 2.54. The van der Waals surface area contributed by atoms with Crippen LogP contribution in [-0.4, -0.2) is 22.2 Å². The molecule has 0 aliphatic rings. The van der Waals surface area contributed by atoms with Gasteiger partial charge in [-0.1, -0.05) is 18.2 Å². The van der Waals surface area contributed by atoms with Gasteiger partial charge in [0.15, 0.2) is 5.78 Å². The Labute approximate surface area is 105 Å². The predicted octanol–water partition coefficient (Wildman–Crippen LogP) is 2.90. The van der Waals surface area contributed by atoms with Gasteiger partial charge in [-0.3, -0.25) is 4.79 Å². The van der Waals surface area contributed by atoms with E-state index >= 15 is 0 Å². The number of aryl methyl sites for hydroxylation is 1. The molecule has 0 spiro atoms. The zero-order valence-electron chi connectivity index (χ0n) is 9.61. The highest BCUT2D eigenvalue weighted by Crippen LogP contribution is 2.16. The Hall–Kier alpha value is -1.61. The van der Waals surface area contributed by atoms with Crippen molar-refractivity contribution >= 4 is 29.4 Å². The summed E-state index contributed by atoms with van der Waals surface area (Å²) in [7, 11) is 0. The minimum absolute atomic E-state index is 0.127. The van der Waals surface area contributed by atoms with Crippen LogP contribution in [0.15, 0.2) is 24.3 Å². The van der Waals surface area contributed by atoms with Crippen molar-refractivity contribution in [2.75, 3.05) is 0 Å². The second-order valence-electron chi connectivity index (χ2n) is 3.73. The summed E-state index contributed by atoms with van der Waals surface area (Å²) in [5.41, 5.74) is 2.10. The molecule has 0 amide bonds. The van der Waals surface area contributed by atoms with Crippen LogP contribution in [-0.2, 0) is 4.79 Å². The minimum Gasteiger partial charge on any atom is -0.478 e. The summed E-state index contributed by atoms with van der Waals surface area (Å²) in [5, 5.41) is 7.94. The van der Waals surface area contributed by atoms with Crippen LogP contribution in [0, 0.1) is 6.92 Å². The smallest absolute Gasteiger partial charge is 0.328 e. The Morgan fingerprint density at radius 2 is 2.06 bits per heavy atom. The summed E-state index contributed by atoms with van der Waals surface area (Å²) in [6, 6.07) is 5.11. The van der Waals surface area contributed by atoms with Crippen LogP contribution in [0.2, 0.25) is 0 Å². The van der Waals surface area contributed by atoms with E-state index in [1.165, 1.54) is 6.08 Å². The number of carboxylic acid groups (broad SMARTS) is 1. The summed E-state index contributed by atoms with van der Waals surface area (Å²) >= 11 is 5.74. The number of carboxylic acids is 1. The zero-order chi connectivity index (χ0) is 13.0. The Morgan fingerprint density at radius 1 is 1.41 bits per heavy atom. The summed E-state index contributed by atoms with van der Waals surface area (Å²) in [6.45, 7) is 3.42. The number of carbonyl (C=O) groups excluding carboxylic acids is 1. The Kier molecular flexibility index (Phi) is 4.46. The van der Waals surface area contributed by atoms with Gasteiger partial charge >= 0.3 is 5.97 Å². The molecule has 0 saturated carbocycles. The highest BCUT2D eigenvalue weighted by atomic mass is 35.5. The van der Waals surface area contributed by atoms with Gasteiger partial charge in [0, 0.05) is 11.6 Å². The van der Waals surface area contributed by atoms with Crippen LogP contribution in [0.1, 0.15) is 28.4 Å². The summed E-state index contributed by atoms with van der Waals surface area (Å²) in [4.78, 5) is 22.1. The molecule has 1 N–H and O–H groups in total. The topological polar surface area (TPSA) is 54.4 Å². The van der Waals surface area contributed by atoms with Gasteiger partial charge in [0.05, 0.1) is 5.38 Å². The molecule has 1 aromatic rings. The number of aliphatic carboxylic acids is 1. The summed E-state index contributed by atoms with van der Waals surface area (Å²) in [5.74, 6) is -1.13. The van der Waals surface area contributed by atoms with E-state index in [9.17, 15) is 9.59 Å². The van der Waals surface area contributed by atoms with E-state index in [2.05, 4.69) is 0 Å². The molecule has 0 aliphatic heterocycles. The van der Waals surface area contributed by atoms with Gasteiger partial charge in [-0.15, -0.1) is 11.6 Å². The second kappa shape index (κ2) is 5.64. The van der Waals surface area contributed by atoms with Crippen LogP contribution in [0.3, 0.4) is 0 Å². The van der Waals surface area contributed by atoms with Crippen LogP contribution in [0.4, 0.5) is 0 Å². The predicted molar refractivity (Wildman–Crippen MR) is 67.5 cm³/mol. The van der Waals surface area contributed by atoms with Crippen LogP contribution in [0.25, 0.3) is 6.08 Å². The van der Waals surface area contributed by atoms with Crippen molar-refractivity contribution in [1.82, 2.24) is 0 Å². The van der Waals surface area contributed by atoms with Crippen molar-refractivity contribution in [2.45, 2.75) is 19.2 Å². The monoisotopic (exact) mass is 252 g/mol. The molecule has 0 bridgehead atoms. The maximum atomic E-state index is 11.7. The molecule has 0 heterocycles. The SMILES string of the molecule is Cc1cc(/C=C/C(=O)O)ccc1C(=O)C(C)Cl. The van der Waals surface area contributed by atoms with E-state index in [-0.39, 0.29) is 5.78 Å². The van der Waals surface area contributed by atoms with Crippen LogP contribution >= 0.6 is 11.6 Å². The molecule has 1 rings (SSSR count). The largest absolute Gasteiger partial charge is 0.478 e. The third-order valence-corrected chi connectivity index (χ3v) is 2.49. The quantitative estimate of drug-likeness (QED) is 0.509. The minimum atomic E-state index is -1.00. The van der Waals surface area contributed by atoms with Gasteiger partial charge in [-0.2, -0.15) is 0 Å². The molecule has 4 heteroatoms. The molecular weight excluding hydrogens is 240 g/mol.